The summed E-state index contributed by atoms with van der Waals surface area (Å²) in [5.74, 6) is -1.01. The highest BCUT2D eigenvalue weighted by Gasteiger charge is 2.31. The van der Waals surface area contributed by atoms with Gasteiger partial charge in [-0.1, -0.05) is 29.8 Å². The number of carbonyl (C=O) groups excluding carboxylic acids is 1. The number of thiazole rings is 1. The smallest absolute Gasteiger partial charge is 0.410 e. The van der Waals surface area contributed by atoms with Crippen LogP contribution in [0, 0.1) is 6.92 Å². The average Bonchev–Trinajstić information content (AvgIpc) is 3.07. The number of nitrogens with zero attached hydrogens (tertiary/aromatic N) is 2. The zero-order chi connectivity index (χ0) is 20.5. The zero-order valence-electron chi connectivity index (χ0n) is 16.7. The molecular weight excluding hydrogens is 376 g/mol. The molecule has 0 saturated carbocycles. The Hall–Kier alpha value is -2.41. The largest absolute Gasteiger partial charge is 0.476 e. The zero-order valence-corrected chi connectivity index (χ0v) is 17.5. The van der Waals surface area contributed by atoms with Gasteiger partial charge in [0.1, 0.15) is 5.60 Å². The van der Waals surface area contributed by atoms with Crippen molar-refractivity contribution in [3.8, 4) is 10.4 Å². The van der Waals surface area contributed by atoms with E-state index in [4.69, 9.17) is 4.74 Å². The highest BCUT2D eigenvalue weighted by molar-refractivity contribution is 7.15. The molecule has 1 aromatic carbocycles. The first-order valence-electron chi connectivity index (χ1n) is 9.43. The highest BCUT2D eigenvalue weighted by atomic mass is 32.1. The molecular formula is C21H26N2O4S. The van der Waals surface area contributed by atoms with Gasteiger partial charge in [-0.3, -0.25) is 0 Å². The van der Waals surface area contributed by atoms with Crippen LogP contribution in [-0.2, 0) is 4.74 Å². The van der Waals surface area contributed by atoms with Gasteiger partial charge in [-0.05, 0) is 46.1 Å². The van der Waals surface area contributed by atoms with Crippen LogP contribution in [-0.4, -0.2) is 45.7 Å². The van der Waals surface area contributed by atoms with E-state index in [1.807, 2.05) is 52.0 Å². The third-order valence-electron chi connectivity index (χ3n) is 4.58. The summed E-state index contributed by atoms with van der Waals surface area (Å²) in [5.41, 5.74) is 1.51. The van der Waals surface area contributed by atoms with Gasteiger partial charge >= 0.3 is 12.1 Å². The maximum absolute atomic E-state index is 12.4. The van der Waals surface area contributed by atoms with Gasteiger partial charge in [-0.2, -0.15) is 0 Å². The van der Waals surface area contributed by atoms with Crippen molar-refractivity contribution in [1.82, 2.24) is 9.88 Å². The molecule has 2 heterocycles. The summed E-state index contributed by atoms with van der Waals surface area (Å²) in [4.78, 5) is 31.0. The SMILES string of the molecule is Cc1ccc(-c2sc(C3CCCN(C(=O)OC(C)(C)C)C3)nc2C(=O)O)cc1. The lowest BCUT2D eigenvalue weighted by Gasteiger charge is -2.33. The number of amides is 1. The number of ether oxygens (including phenoxy) is 1. The lowest BCUT2D eigenvalue weighted by molar-refractivity contribution is 0.0198. The molecule has 1 aliphatic heterocycles. The number of carboxylic acids is 1. The Balaban J connectivity index is 1.85. The Kier molecular flexibility index (Phi) is 5.74. The summed E-state index contributed by atoms with van der Waals surface area (Å²) in [6.45, 7) is 8.68. The Morgan fingerprint density at radius 2 is 1.93 bits per heavy atom. The van der Waals surface area contributed by atoms with Crippen molar-refractivity contribution in [2.45, 2.75) is 52.1 Å². The van der Waals surface area contributed by atoms with E-state index >= 15 is 0 Å². The van der Waals surface area contributed by atoms with Crippen LogP contribution in [0.3, 0.4) is 0 Å². The molecule has 0 radical (unpaired) electrons. The van der Waals surface area contributed by atoms with Crippen molar-refractivity contribution >= 4 is 23.4 Å². The van der Waals surface area contributed by atoms with Crippen LogP contribution in [0.15, 0.2) is 24.3 Å². The predicted octanol–water partition coefficient (Wildman–Crippen LogP) is 4.93. The fraction of sp³-hybridized carbons (Fsp3) is 0.476. The number of carbonyl (C=O) groups is 2. The molecule has 0 spiro atoms. The number of rotatable bonds is 3. The van der Waals surface area contributed by atoms with Crippen molar-refractivity contribution in [2.75, 3.05) is 13.1 Å². The summed E-state index contributed by atoms with van der Waals surface area (Å²) in [6, 6.07) is 7.77. The molecule has 2 aromatic rings. The number of hydrogen-bond acceptors (Lipinski definition) is 5. The molecule has 7 heteroatoms. The van der Waals surface area contributed by atoms with Crippen LogP contribution in [0.4, 0.5) is 4.79 Å². The molecule has 3 rings (SSSR count). The molecule has 1 N–H and O–H groups in total. The van der Waals surface area contributed by atoms with Crippen molar-refractivity contribution in [2.24, 2.45) is 0 Å². The van der Waals surface area contributed by atoms with E-state index in [1.54, 1.807) is 4.90 Å². The monoisotopic (exact) mass is 402 g/mol. The predicted molar refractivity (Wildman–Crippen MR) is 109 cm³/mol. The van der Waals surface area contributed by atoms with Crippen molar-refractivity contribution in [3.05, 3.63) is 40.5 Å². The van der Waals surface area contributed by atoms with Crippen LogP contribution in [0.1, 0.15) is 60.6 Å². The summed E-state index contributed by atoms with van der Waals surface area (Å²) in [5, 5.41) is 10.4. The molecule has 1 unspecified atom stereocenters. The van der Waals surface area contributed by atoms with Crippen molar-refractivity contribution < 1.29 is 19.4 Å². The molecule has 1 saturated heterocycles. The Morgan fingerprint density at radius 1 is 1.25 bits per heavy atom. The van der Waals surface area contributed by atoms with Crippen molar-refractivity contribution in [1.29, 1.82) is 0 Å². The van der Waals surface area contributed by atoms with Gasteiger partial charge in [0, 0.05) is 19.0 Å². The second-order valence-electron chi connectivity index (χ2n) is 8.17. The van der Waals surface area contributed by atoms with E-state index in [-0.39, 0.29) is 17.7 Å². The standard InChI is InChI=1S/C21H26N2O4S/c1-13-7-9-14(10-8-13)17-16(19(24)25)22-18(28-17)15-6-5-11-23(12-15)20(26)27-21(2,3)4/h7-10,15H,5-6,11-12H2,1-4H3,(H,24,25). The van der Waals surface area contributed by atoms with Crippen LogP contribution >= 0.6 is 11.3 Å². The van der Waals surface area contributed by atoms with E-state index in [1.165, 1.54) is 11.3 Å². The molecule has 1 amide bonds. The van der Waals surface area contributed by atoms with E-state index in [2.05, 4.69) is 4.98 Å². The number of benzene rings is 1. The molecule has 150 valence electrons. The van der Waals surface area contributed by atoms with Gasteiger partial charge < -0.3 is 14.7 Å². The van der Waals surface area contributed by atoms with Gasteiger partial charge in [-0.15, -0.1) is 11.3 Å². The fourth-order valence-electron chi connectivity index (χ4n) is 3.23. The van der Waals surface area contributed by atoms with Crippen LogP contribution in [0.25, 0.3) is 10.4 Å². The Morgan fingerprint density at radius 3 is 2.54 bits per heavy atom. The number of aromatic nitrogens is 1. The third kappa shape index (κ3) is 4.70. The highest BCUT2D eigenvalue weighted by Crippen LogP contribution is 2.37. The Labute approximate surface area is 169 Å². The van der Waals surface area contributed by atoms with Crippen LogP contribution < -0.4 is 0 Å². The number of aromatic carboxylic acids is 1. The summed E-state index contributed by atoms with van der Waals surface area (Å²) < 4.78 is 5.48. The van der Waals surface area contributed by atoms with E-state index in [0.29, 0.717) is 18.0 Å². The minimum Gasteiger partial charge on any atom is -0.476 e. The molecule has 1 fully saturated rings. The van der Waals surface area contributed by atoms with Crippen LogP contribution in [0.5, 0.6) is 0 Å². The third-order valence-corrected chi connectivity index (χ3v) is 5.85. The quantitative estimate of drug-likeness (QED) is 0.787. The summed E-state index contributed by atoms with van der Waals surface area (Å²) in [7, 11) is 0. The summed E-state index contributed by atoms with van der Waals surface area (Å²) >= 11 is 1.41. The first-order chi connectivity index (χ1) is 13.1. The van der Waals surface area contributed by atoms with Crippen LogP contribution in [0.2, 0.25) is 0 Å². The molecule has 1 atom stereocenters. The second kappa shape index (κ2) is 7.91. The van der Waals surface area contributed by atoms with E-state index < -0.39 is 11.6 Å². The number of aryl methyl sites for hydroxylation is 1. The van der Waals surface area contributed by atoms with Gasteiger partial charge in [0.05, 0.1) is 9.88 Å². The van der Waals surface area contributed by atoms with Gasteiger partial charge in [0.2, 0.25) is 0 Å². The maximum atomic E-state index is 12.4. The molecule has 0 aliphatic carbocycles. The molecule has 6 nitrogen and oxygen atoms in total. The molecule has 1 aliphatic rings. The lowest BCUT2D eigenvalue weighted by atomic mass is 9.99. The summed E-state index contributed by atoms with van der Waals surface area (Å²) in [6.07, 6.45) is 1.39. The fourth-order valence-corrected chi connectivity index (χ4v) is 4.42. The number of carboxylic acid groups (broad SMARTS) is 1. The number of hydrogen-bond donors (Lipinski definition) is 1. The number of likely N-dealkylation sites (tertiary alicyclic amines) is 1. The van der Waals surface area contributed by atoms with Crippen molar-refractivity contribution in [3.63, 3.8) is 0 Å². The van der Waals surface area contributed by atoms with Gasteiger partial charge in [-0.25, -0.2) is 14.6 Å². The normalized spacial score (nSPS) is 17.4. The second-order valence-corrected chi connectivity index (χ2v) is 9.20. The molecule has 28 heavy (non-hydrogen) atoms. The minimum absolute atomic E-state index is 0.0172. The van der Waals surface area contributed by atoms with E-state index in [9.17, 15) is 14.7 Å². The number of piperidine rings is 1. The molecule has 0 bridgehead atoms. The molecule has 1 aromatic heterocycles. The first-order valence-corrected chi connectivity index (χ1v) is 10.2. The lowest BCUT2D eigenvalue weighted by Crippen LogP contribution is -2.42. The van der Waals surface area contributed by atoms with Gasteiger partial charge in [0.15, 0.2) is 5.69 Å². The maximum Gasteiger partial charge on any atom is 0.410 e. The minimum atomic E-state index is -1.03. The average molecular weight is 403 g/mol. The van der Waals surface area contributed by atoms with E-state index in [0.717, 1.165) is 29.0 Å². The Bertz CT molecular complexity index is 868. The van der Waals surface area contributed by atoms with Gasteiger partial charge in [0.25, 0.3) is 0 Å². The first kappa shape index (κ1) is 20.3. The topological polar surface area (TPSA) is 79.7 Å².